The Balaban J connectivity index is 2.21. The summed E-state index contributed by atoms with van der Waals surface area (Å²) in [5.74, 6) is -0.380. The molecule has 0 fully saturated rings. The van der Waals surface area contributed by atoms with Gasteiger partial charge < -0.3 is 14.7 Å². The molecule has 4 nitrogen and oxygen atoms in total. The standard InChI is InChI=1S/C13H18BFN2O2/c1-12(2,18)13(3,4)19-14-10-7-17-11-9(10)5-8(15)6-16-11/h5-7,14,18H,1-4H3,(H,16,17). The summed E-state index contributed by atoms with van der Waals surface area (Å²) in [4.78, 5) is 6.93. The molecule has 0 amide bonds. The van der Waals surface area contributed by atoms with Gasteiger partial charge in [0, 0.05) is 5.39 Å². The molecule has 2 aromatic rings. The third kappa shape index (κ3) is 2.79. The third-order valence-electron chi connectivity index (χ3n) is 3.65. The predicted molar refractivity (Wildman–Crippen MR) is 74.3 cm³/mol. The average Bonchev–Trinajstić information content (AvgIpc) is 2.67. The number of hydrogen-bond acceptors (Lipinski definition) is 3. The average molecular weight is 264 g/mol. The van der Waals surface area contributed by atoms with E-state index in [4.69, 9.17) is 4.65 Å². The van der Waals surface area contributed by atoms with Gasteiger partial charge in [-0.1, -0.05) is 0 Å². The number of aromatic amines is 1. The highest BCUT2D eigenvalue weighted by Gasteiger charge is 2.35. The second-order valence-electron chi connectivity index (χ2n) is 5.72. The topological polar surface area (TPSA) is 58.1 Å². The van der Waals surface area contributed by atoms with Crippen LogP contribution in [-0.4, -0.2) is 33.8 Å². The van der Waals surface area contributed by atoms with Crippen LogP contribution in [-0.2, 0) is 4.65 Å². The summed E-state index contributed by atoms with van der Waals surface area (Å²) in [5.41, 5.74) is -0.236. The molecule has 2 heterocycles. The lowest BCUT2D eigenvalue weighted by Gasteiger charge is -2.37. The van der Waals surface area contributed by atoms with E-state index in [2.05, 4.69) is 9.97 Å². The van der Waals surface area contributed by atoms with Gasteiger partial charge in [0.05, 0.1) is 17.4 Å². The molecule has 6 heteroatoms. The van der Waals surface area contributed by atoms with Crippen LogP contribution < -0.4 is 5.46 Å². The summed E-state index contributed by atoms with van der Waals surface area (Å²) < 4.78 is 19.0. The normalized spacial score (nSPS) is 12.9. The summed E-state index contributed by atoms with van der Waals surface area (Å²) in [5, 5.41) is 10.7. The van der Waals surface area contributed by atoms with Crippen molar-refractivity contribution in [2.45, 2.75) is 38.9 Å². The fourth-order valence-corrected chi connectivity index (χ4v) is 1.59. The highest BCUT2D eigenvalue weighted by atomic mass is 19.1. The van der Waals surface area contributed by atoms with Crippen LogP contribution in [0.2, 0.25) is 0 Å². The summed E-state index contributed by atoms with van der Waals surface area (Å²) in [6.07, 6.45) is 2.92. The molecule has 0 radical (unpaired) electrons. The number of rotatable bonds is 4. The minimum atomic E-state index is -0.970. The van der Waals surface area contributed by atoms with Crippen molar-refractivity contribution in [1.82, 2.24) is 9.97 Å². The van der Waals surface area contributed by atoms with E-state index in [9.17, 15) is 9.50 Å². The van der Waals surface area contributed by atoms with Crippen LogP contribution in [0.15, 0.2) is 18.5 Å². The number of halogens is 1. The number of hydrogen-bond donors (Lipinski definition) is 2. The van der Waals surface area contributed by atoms with Gasteiger partial charge in [0.1, 0.15) is 11.5 Å². The Morgan fingerprint density at radius 1 is 1.37 bits per heavy atom. The van der Waals surface area contributed by atoms with Gasteiger partial charge in [0.2, 0.25) is 0 Å². The smallest absolute Gasteiger partial charge is 0.311 e. The molecule has 0 aliphatic heterocycles. The minimum Gasteiger partial charge on any atom is -0.427 e. The molecule has 2 N–H and O–H groups in total. The van der Waals surface area contributed by atoms with Crippen LogP contribution in [0.5, 0.6) is 0 Å². The number of nitrogens with zero attached hydrogens (tertiary/aromatic N) is 1. The number of aliphatic hydroxyl groups is 1. The van der Waals surface area contributed by atoms with Gasteiger partial charge in [-0.3, -0.25) is 0 Å². The lowest BCUT2D eigenvalue weighted by molar-refractivity contribution is -0.0893. The number of fused-ring (bicyclic) bond motifs is 1. The van der Waals surface area contributed by atoms with Crippen molar-refractivity contribution in [3.63, 3.8) is 0 Å². The fourth-order valence-electron chi connectivity index (χ4n) is 1.59. The Morgan fingerprint density at radius 3 is 2.68 bits per heavy atom. The SMILES string of the molecule is CC(C)(O)C(C)(C)OBc1c[nH]c2ncc(F)cc12. The van der Waals surface area contributed by atoms with Crippen molar-refractivity contribution in [2.75, 3.05) is 0 Å². The molecule has 0 saturated heterocycles. The Hall–Kier alpha value is -1.40. The van der Waals surface area contributed by atoms with Gasteiger partial charge in [-0.25, -0.2) is 9.37 Å². The molecule has 19 heavy (non-hydrogen) atoms. The maximum Gasteiger partial charge on any atom is 0.311 e. The molecule has 0 aliphatic rings. The van der Waals surface area contributed by atoms with Crippen molar-refractivity contribution in [2.24, 2.45) is 0 Å². The van der Waals surface area contributed by atoms with Crippen molar-refractivity contribution in [3.05, 3.63) is 24.3 Å². The predicted octanol–water partition coefficient (Wildman–Crippen LogP) is 1.24. The van der Waals surface area contributed by atoms with Crippen LogP contribution in [0.1, 0.15) is 27.7 Å². The summed E-state index contributed by atoms with van der Waals surface area (Å²) in [6, 6.07) is 1.43. The molecule has 0 atom stereocenters. The fraction of sp³-hybridized carbons (Fsp3) is 0.462. The molecule has 0 bridgehead atoms. The largest absolute Gasteiger partial charge is 0.427 e. The maximum atomic E-state index is 13.2. The maximum absolute atomic E-state index is 13.2. The highest BCUT2D eigenvalue weighted by molar-refractivity contribution is 6.51. The Labute approximate surface area is 112 Å². The van der Waals surface area contributed by atoms with E-state index in [1.54, 1.807) is 20.0 Å². The Bertz CT molecular complexity index is 590. The second kappa shape index (κ2) is 4.61. The minimum absolute atomic E-state index is 0.280. The first-order valence-electron chi connectivity index (χ1n) is 6.18. The molecule has 2 aromatic heterocycles. The van der Waals surface area contributed by atoms with E-state index in [-0.39, 0.29) is 13.3 Å². The zero-order valence-electron chi connectivity index (χ0n) is 11.6. The molecular formula is C13H18BFN2O2. The summed E-state index contributed by atoms with van der Waals surface area (Å²) >= 11 is 0. The molecule has 0 unspecified atom stereocenters. The highest BCUT2D eigenvalue weighted by Crippen LogP contribution is 2.24. The molecule has 2 rings (SSSR count). The van der Waals surface area contributed by atoms with Crippen LogP contribution in [0.4, 0.5) is 4.39 Å². The van der Waals surface area contributed by atoms with Gasteiger partial charge in [0.15, 0.2) is 0 Å². The second-order valence-corrected chi connectivity index (χ2v) is 5.72. The van der Waals surface area contributed by atoms with Crippen LogP contribution in [0, 0.1) is 5.82 Å². The Kier molecular flexibility index (Phi) is 3.41. The van der Waals surface area contributed by atoms with Gasteiger partial charge in [0.25, 0.3) is 0 Å². The van der Waals surface area contributed by atoms with Gasteiger partial charge >= 0.3 is 7.48 Å². The molecule has 102 valence electrons. The zero-order chi connectivity index (χ0) is 14.3. The summed E-state index contributed by atoms with van der Waals surface area (Å²) in [6.45, 7) is 7.04. The lowest BCUT2D eigenvalue weighted by Crippen LogP contribution is -2.49. The monoisotopic (exact) mass is 264 g/mol. The Morgan fingerprint density at radius 2 is 2.05 bits per heavy atom. The van der Waals surface area contributed by atoms with Crippen LogP contribution in [0.25, 0.3) is 11.0 Å². The number of H-pyrrole nitrogens is 1. The van der Waals surface area contributed by atoms with E-state index >= 15 is 0 Å². The first kappa shape index (κ1) is 14.0. The number of pyridine rings is 1. The summed E-state index contributed by atoms with van der Waals surface area (Å²) in [7, 11) is 0.280. The van der Waals surface area contributed by atoms with Crippen molar-refractivity contribution in [1.29, 1.82) is 0 Å². The molecular weight excluding hydrogens is 246 g/mol. The van der Waals surface area contributed by atoms with Gasteiger partial charge in [-0.2, -0.15) is 0 Å². The quantitative estimate of drug-likeness (QED) is 0.817. The van der Waals surface area contributed by atoms with Crippen LogP contribution in [0.3, 0.4) is 0 Å². The van der Waals surface area contributed by atoms with Crippen molar-refractivity contribution >= 4 is 24.0 Å². The van der Waals surface area contributed by atoms with Crippen molar-refractivity contribution < 1.29 is 14.2 Å². The van der Waals surface area contributed by atoms with Crippen molar-refractivity contribution in [3.8, 4) is 0 Å². The number of nitrogens with one attached hydrogen (secondary N) is 1. The van der Waals surface area contributed by atoms with E-state index in [1.807, 2.05) is 13.8 Å². The zero-order valence-corrected chi connectivity index (χ0v) is 11.6. The number of aromatic nitrogens is 2. The van der Waals surface area contributed by atoms with Gasteiger partial charge in [-0.15, -0.1) is 0 Å². The first-order valence-corrected chi connectivity index (χ1v) is 6.18. The molecule has 0 saturated carbocycles. The third-order valence-corrected chi connectivity index (χ3v) is 3.65. The molecule has 0 aliphatic carbocycles. The molecule has 0 spiro atoms. The van der Waals surface area contributed by atoms with E-state index in [1.165, 1.54) is 12.3 Å². The van der Waals surface area contributed by atoms with E-state index in [0.717, 1.165) is 5.46 Å². The molecule has 0 aromatic carbocycles. The first-order chi connectivity index (χ1) is 8.71. The van der Waals surface area contributed by atoms with E-state index in [0.29, 0.717) is 11.0 Å². The van der Waals surface area contributed by atoms with Crippen LogP contribution >= 0.6 is 0 Å². The van der Waals surface area contributed by atoms with E-state index < -0.39 is 11.2 Å². The van der Waals surface area contributed by atoms with Gasteiger partial charge in [-0.05, 0) is 45.4 Å². The lowest BCUT2D eigenvalue weighted by atomic mass is 9.83.